The molecule has 6 heteroatoms. The zero-order valence-corrected chi connectivity index (χ0v) is 17.7. The fourth-order valence-corrected chi connectivity index (χ4v) is 6.19. The van der Waals surface area contributed by atoms with Gasteiger partial charge in [0.15, 0.2) is 0 Å². The van der Waals surface area contributed by atoms with Gasteiger partial charge in [-0.25, -0.2) is 0 Å². The van der Waals surface area contributed by atoms with Crippen LogP contribution in [0.25, 0.3) is 0 Å². The van der Waals surface area contributed by atoms with E-state index in [1.807, 2.05) is 29.7 Å². The average molecular weight is 401 g/mol. The number of unbranched alkanes of at least 4 members (excludes halogenated alkanes) is 2. The first-order valence-corrected chi connectivity index (χ1v) is 10.8. The number of hydrogen-bond donors (Lipinski definition) is 0. The van der Waals surface area contributed by atoms with Crippen LogP contribution in [-0.4, -0.2) is 57.0 Å². The first-order valence-electron chi connectivity index (χ1n) is 9.89. The van der Waals surface area contributed by atoms with Crippen LogP contribution >= 0.6 is 23.2 Å². The molecule has 6 atom stereocenters. The van der Waals surface area contributed by atoms with Crippen LogP contribution in [0.2, 0.25) is 0 Å². The summed E-state index contributed by atoms with van der Waals surface area (Å²) in [6.45, 7) is 9.42. The predicted molar refractivity (Wildman–Crippen MR) is 105 cm³/mol. The Labute approximate surface area is 166 Å². The largest absolute Gasteiger partial charge is 0.337 e. The molecule has 26 heavy (non-hydrogen) atoms. The average Bonchev–Trinajstić information content (AvgIpc) is 2.57. The molecular weight excluding hydrogens is 371 g/mol. The topological polar surface area (TPSA) is 40.6 Å². The summed E-state index contributed by atoms with van der Waals surface area (Å²) in [5.41, 5.74) is 0.214. The van der Waals surface area contributed by atoms with Crippen molar-refractivity contribution in [1.82, 2.24) is 9.80 Å². The molecule has 5 rings (SSSR count). The molecule has 0 radical (unpaired) electrons. The lowest BCUT2D eigenvalue weighted by Gasteiger charge is -2.64. The molecule has 0 saturated carbocycles. The molecule has 4 nitrogen and oxygen atoms in total. The van der Waals surface area contributed by atoms with Crippen LogP contribution in [0, 0.1) is 11.8 Å². The van der Waals surface area contributed by atoms with Gasteiger partial charge < -0.3 is 9.80 Å². The Morgan fingerprint density at radius 2 is 1.69 bits per heavy atom. The van der Waals surface area contributed by atoms with Crippen molar-refractivity contribution in [3.8, 4) is 0 Å². The molecule has 4 heterocycles. The van der Waals surface area contributed by atoms with Crippen molar-refractivity contribution in [2.24, 2.45) is 11.8 Å². The minimum absolute atomic E-state index is 0.0607. The quantitative estimate of drug-likeness (QED) is 0.502. The third kappa shape index (κ3) is 2.71. The second-order valence-corrected chi connectivity index (χ2v) is 9.13. The molecular formula is C20H30Cl2N2O2. The summed E-state index contributed by atoms with van der Waals surface area (Å²) in [6.07, 6.45) is 5.71. The Kier molecular flexibility index (Phi) is 5.66. The highest BCUT2D eigenvalue weighted by Crippen LogP contribution is 2.53. The smallest absolute Gasteiger partial charge is 0.232 e. The molecule has 0 unspecified atom stereocenters. The van der Waals surface area contributed by atoms with E-state index >= 15 is 0 Å². The van der Waals surface area contributed by atoms with Crippen LogP contribution in [0.1, 0.15) is 53.4 Å². The molecule has 2 fully saturated rings. The molecule has 5 aliphatic rings. The molecule has 2 amide bonds. The summed E-state index contributed by atoms with van der Waals surface area (Å²) in [5, 5.41) is -0.759. The standard InChI is InChI=1S/C20H30Cl2N2O2/c1-5-7-9-23-16-14-12(3)11-13(21)15(19(23)26)20(4,17(16)22)24(18(14)25)10-8-6-2/h11,13-17H,5-10H2,1-4H3/b12-11-/t13-,14-,15+,16+,17+,20+/m1/s1. The number of halogens is 2. The molecule has 0 aromatic carbocycles. The van der Waals surface area contributed by atoms with Gasteiger partial charge in [0.2, 0.25) is 11.8 Å². The fourth-order valence-electron chi connectivity index (χ4n) is 5.10. The fraction of sp³-hybridized carbons (Fsp3) is 0.800. The van der Waals surface area contributed by atoms with E-state index in [9.17, 15) is 9.59 Å². The van der Waals surface area contributed by atoms with Crippen molar-refractivity contribution in [2.45, 2.75) is 75.7 Å². The second kappa shape index (κ2) is 7.35. The highest BCUT2D eigenvalue weighted by molar-refractivity contribution is 6.26. The van der Waals surface area contributed by atoms with Gasteiger partial charge in [0.1, 0.15) is 0 Å². The molecule has 4 bridgehead atoms. The van der Waals surface area contributed by atoms with E-state index in [1.54, 1.807) is 0 Å². The molecule has 2 saturated heterocycles. The van der Waals surface area contributed by atoms with Gasteiger partial charge in [-0.1, -0.05) is 38.3 Å². The maximum absolute atomic E-state index is 13.5. The number of carbonyl (C=O) groups is 2. The number of rotatable bonds is 6. The van der Waals surface area contributed by atoms with E-state index in [-0.39, 0.29) is 29.2 Å². The summed E-state index contributed by atoms with van der Waals surface area (Å²) in [6, 6.07) is -0.275. The first kappa shape index (κ1) is 20.0. The van der Waals surface area contributed by atoms with E-state index in [2.05, 4.69) is 13.8 Å². The van der Waals surface area contributed by atoms with Gasteiger partial charge in [-0.15, -0.1) is 23.2 Å². The molecule has 0 aromatic rings. The van der Waals surface area contributed by atoms with Crippen molar-refractivity contribution in [3.05, 3.63) is 11.6 Å². The second-order valence-electron chi connectivity index (χ2n) is 8.16. The highest BCUT2D eigenvalue weighted by atomic mass is 35.5. The van der Waals surface area contributed by atoms with Gasteiger partial charge in [0.25, 0.3) is 0 Å². The lowest BCUT2D eigenvalue weighted by atomic mass is 9.62. The third-order valence-corrected chi connectivity index (χ3v) is 7.65. The van der Waals surface area contributed by atoms with Crippen molar-refractivity contribution in [2.75, 3.05) is 13.1 Å². The zero-order chi connectivity index (χ0) is 19.2. The molecule has 0 spiro atoms. The van der Waals surface area contributed by atoms with E-state index in [4.69, 9.17) is 23.2 Å². The van der Waals surface area contributed by atoms with Crippen molar-refractivity contribution >= 4 is 35.0 Å². The lowest BCUT2D eigenvalue weighted by molar-refractivity contribution is -0.175. The number of allylic oxidation sites excluding steroid dienone is 1. The van der Waals surface area contributed by atoms with Crippen molar-refractivity contribution in [1.29, 1.82) is 0 Å². The zero-order valence-electron chi connectivity index (χ0n) is 16.2. The summed E-state index contributed by atoms with van der Waals surface area (Å²) >= 11 is 13.8. The Bertz CT molecular complexity index is 623. The van der Waals surface area contributed by atoms with E-state index in [0.29, 0.717) is 13.1 Å². The molecule has 1 aliphatic carbocycles. The number of nitrogens with zero attached hydrogens (tertiary/aromatic N) is 2. The third-order valence-electron chi connectivity index (χ3n) is 6.57. The number of alkyl halides is 2. The van der Waals surface area contributed by atoms with Gasteiger partial charge >= 0.3 is 0 Å². The van der Waals surface area contributed by atoms with Crippen LogP contribution in [-0.2, 0) is 9.59 Å². The Hall–Kier alpha value is -0.740. The van der Waals surface area contributed by atoms with Crippen LogP contribution < -0.4 is 0 Å². The van der Waals surface area contributed by atoms with Crippen LogP contribution in [0.15, 0.2) is 11.6 Å². The van der Waals surface area contributed by atoms with Crippen molar-refractivity contribution in [3.63, 3.8) is 0 Å². The maximum atomic E-state index is 13.5. The van der Waals surface area contributed by atoms with Crippen LogP contribution in [0.3, 0.4) is 0 Å². The SMILES string of the molecule is CCCCN1C(=O)[C@@H]2[C@H](Cl)/C=C(/C)[C@H]3C(=O)N(CCCC)[C@]2(C)[C@@H](Cl)[C@H]31. The number of hydrogen-bond acceptors (Lipinski definition) is 2. The predicted octanol–water partition coefficient (Wildman–Crippen LogP) is 3.81. The van der Waals surface area contributed by atoms with Gasteiger partial charge in [-0.2, -0.15) is 0 Å². The molecule has 146 valence electrons. The van der Waals surface area contributed by atoms with E-state index in [0.717, 1.165) is 31.3 Å². The molecule has 0 N–H and O–H groups in total. The summed E-state index contributed by atoms with van der Waals surface area (Å²) in [7, 11) is 0. The molecule has 4 aliphatic heterocycles. The number of fused-ring (bicyclic) bond motifs is 2. The summed E-state index contributed by atoms with van der Waals surface area (Å²) in [5.74, 6) is -0.715. The summed E-state index contributed by atoms with van der Waals surface area (Å²) < 4.78 is 0. The first-order chi connectivity index (χ1) is 12.3. The Morgan fingerprint density at radius 3 is 2.31 bits per heavy atom. The van der Waals surface area contributed by atoms with E-state index in [1.165, 1.54) is 0 Å². The molecule has 0 aromatic heterocycles. The number of piperidine rings is 2. The van der Waals surface area contributed by atoms with Gasteiger partial charge in [-0.3, -0.25) is 9.59 Å². The minimum atomic E-state index is -0.738. The van der Waals surface area contributed by atoms with Crippen LogP contribution in [0.4, 0.5) is 0 Å². The van der Waals surface area contributed by atoms with Gasteiger partial charge in [-0.05, 0) is 26.7 Å². The highest BCUT2D eigenvalue weighted by Gasteiger charge is 2.67. The van der Waals surface area contributed by atoms with Crippen LogP contribution in [0.5, 0.6) is 0 Å². The normalized spacial score (nSPS) is 41.3. The van der Waals surface area contributed by atoms with E-state index < -0.39 is 16.8 Å². The Balaban J connectivity index is 2.15. The Morgan fingerprint density at radius 1 is 1.08 bits per heavy atom. The number of amides is 2. The van der Waals surface area contributed by atoms with Crippen molar-refractivity contribution < 1.29 is 9.59 Å². The number of carbonyl (C=O) groups excluding carboxylic acids is 2. The van der Waals surface area contributed by atoms with Gasteiger partial charge in [0.05, 0.1) is 34.2 Å². The van der Waals surface area contributed by atoms with Gasteiger partial charge in [0, 0.05) is 13.1 Å². The minimum Gasteiger partial charge on any atom is -0.337 e. The summed E-state index contributed by atoms with van der Waals surface area (Å²) in [4.78, 5) is 30.7. The lowest BCUT2D eigenvalue weighted by Crippen LogP contribution is -2.80. The maximum Gasteiger partial charge on any atom is 0.232 e. The monoisotopic (exact) mass is 400 g/mol.